The molecule has 0 spiro atoms. The van der Waals surface area contributed by atoms with Crippen LogP contribution in [0.25, 0.3) is 0 Å². The van der Waals surface area contributed by atoms with E-state index in [2.05, 4.69) is 21.2 Å². The van der Waals surface area contributed by atoms with E-state index in [0.717, 1.165) is 48.4 Å². The summed E-state index contributed by atoms with van der Waals surface area (Å²) in [6, 6.07) is 3.47. The van der Waals surface area contributed by atoms with Gasteiger partial charge < -0.3 is 10.5 Å². The van der Waals surface area contributed by atoms with Crippen LogP contribution in [0.3, 0.4) is 0 Å². The number of nitrogens with zero attached hydrogens (tertiary/aromatic N) is 1. The van der Waals surface area contributed by atoms with Gasteiger partial charge >= 0.3 is 12.1 Å². The summed E-state index contributed by atoms with van der Waals surface area (Å²) >= 11 is 0. The van der Waals surface area contributed by atoms with Crippen LogP contribution in [0.1, 0.15) is 47.7 Å². The Bertz CT molecular complexity index is 1150. The Labute approximate surface area is 184 Å². The number of alkyl halides is 3. The van der Waals surface area contributed by atoms with Crippen molar-refractivity contribution in [2.75, 3.05) is 7.11 Å². The normalized spacial score (nSPS) is 22.1. The van der Waals surface area contributed by atoms with Gasteiger partial charge in [-0.3, -0.25) is 4.99 Å². The minimum atomic E-state index is -4.67. The minimum Gasteiger partial charge on any atom is -0.465 e. The third-order valence-electron chi connectivity index (χ3n) is 5.26. The van der Waals surface area contributed by atoms with Crippen molar-refractivity contribution >= 4 is 11.7 Å². The van der Waals surface area contributed by atoms with Gasteiger partial charge in [-0.15, -0.1) is 11.5 Å². The Hall–Kier alpha value is -3.53. The Morgan fingerprint density at radius 3 is 2.78 bits per heavy atom. The van der Waals surface area contributed by atoms with Gasteiger partial charge in [0.25, 0.3) is 0 Å². The van der Waals surface area contributed by atoms with Crippen LogP contribution in [0, 0.1) is 0 Å². The van der Waals surface area contributed by atoms with Crippen molar-refractivity contribution < 1.29 is 22.7 Å². The zero-order chi connectivity index (χ0) is 23.3. The first kappa shape index (κ1) is 23.1. The molecule has 0 bridgehead atoms. The molecule has 2 aliphatic rings. The molecule has 0 saturated heterocycles. The van der Waals surface area contributed by atoms with E-state index in [1.54, 1.807) is 6.20 Å². The van der Waals surface area contributed by atoms with E-state index in [0.29, 0.717) is 17.7 Å². The van der Waals surface area contributed by atoms with Gasteiger partial charge in [-0.1, -0.05) is 6.07 Å². The number of halogens is 3. The smallest absolute Gasteiger partial charge is 0.417 e. The molecule has 0 amide bonds. The highest BCUT2D eigenvalue weighted by atomic mass is 19.4. The maximum Gasteiger partial charge on any atom is 0.417 e. The lowest BCUT2D eigenvalue weighted by Crippen LogP contribution is -2.15. The topological polar surface area (TPSA) is 64.7 Å². The number of hydrogen-bond acceptors (Lipinski definition) is 4. The molecule has 32 heavy (non-hydrogen) atoms. The van der Waals surface area contributed by atoms with Crippen molar-refractivity contribution in [1.82, 2.24) is 0 Å². The van der Waals surface area contributed by atoms with Crippen LogP contribution in [-0.2, 0) is 17.3 Å². The Balaban J connectivity index is 2.07. The van der Waals surface area contributed by atoms with Gasteiger partial charge in [0.05, 0.1) is 24.4 Å². The van der Waals surface area contributed by atoms with Crippen molar-refractivity contribution in [3.05, 3.63) is 93.2 Å². The second-order valence-electron chi connectivity index (χ2n) is 7.44. The highest BCUT2D eigenvalue weighted by Gasteiger charge is 2.35. The number of nitrogens with two attached hydrogens (primary N) is 1. The molecule has 3 rings (SSSR count). The average Bonchev–Trinajstić information content (AvgIpc) is 2.78. The van der Waals surface area contributed by atoms with E-state index >= 15 is 0 Å². The summed E-state index contributed by atoms with van der Waals surface area (Å²) in [6.45, 7) is 1.85. The minimum absolute atomic E-state index is 0.233. The lowest BCUT2D eigenvalue weighted by Gasteiger charge is -2.15. The number of carbonyl (C=O) groups is 1. The van der Waals surface area contributed by atoms with Gasteiger partial charge in [0.2, 0.25) is 0 Å². The van der Waals surface area contributed by atoms with Crippen LogP contribution in [0.15, 0.2) is 81.5 Å². The fourth-order valence-corrected chi connectivity index (χ4v) is 3.59. The van der Waals surface area contributed by atoms with E-state index in [4.69, 9.17) is 5.73 Å². The maximum atomic E-state index is 13.3. The summed E-state index contributed by atoms with van der Waals surface area (Å²) in [7, 11) is 1.05. The highest BCUT2D eigenvalue weighted by Crippen LogP contribution is 2.33. The fraction of sp³-hybridized carbons (Fsp3) is 0.280. The van der Waals surface area contributed by atoms with E-state index < -0.39 is 23.3 Å². The summed E-state index contributed by atoms with van der Waals surface area (Å²) in [6.07, 6.45) is 4.95. The van der Waals surface area contributed by atoms with Gasteiger partial charge in [0.1, 0.15) is 0 Å². The van der Waals surface area contributed by atoms with Crippen LogP contribution in [0.2, 0.25) is 0 Å². The molecule has 1 aromatic carbocycles. The van der Waals surface area contributed by atoms with Crippen molar-refractivity contribution in [2.45, 2.75) is 38.8 Å². The molecule has 1 aliphatic heterocycles. The highest BCUT2D eigenvalue weighted by molar-refractivity contribution is 6.02. The number of fused-ring (bicyclic) bond motifs is 1. The number of rotatable bonds is 3. The third kappa shape index (κ3) is 5.38. The maximum absolute atomic E-state index is 13.3. The Kier molecular flexibility index (Phi) is 7.04. The number of ether oxygens (including phenoxy) is 1. The molecule has 0 unspecified atom stereocenters. The number of carbonyl (C=O) groups excluding carboxylic acids is 1. The predicted molar refractivity (Wildman–Crippen MR) is 117 cm³/mol. The zero-order valence-electron chi connectivity index (χ0n) is 17.8. The van der Waals surface area contributed by atoms with E-state index in [1.807, 2.05) is 25.2 Å². The molecule has 0 radical (unpaired) electrons. The first-order valence-corrected chi connectivity index (χ1v) is 10.1. The van der Waals surface area contributed by atoms with Crippen molar-refractivity contribution in [2.24, 2.45) is 10.7 Å². The Morgan fingerprint density at radius 1 is 1.28 bits per heavy atom. The average molecular weight is 440 g/mol. The van der Waals surface area contributed by atoms with Crippen LogP contribution in [0.4, 0.5) is 13.2 Å². The number of benzene rings is 1. The second kappa shape index (κ2) is 9.73. The van der Waals surface area contributed by atoms with Crippen LogP contribution < -0.4 is 5.73 Å². The Morgan fingerprint density at radius 2 is 2.06 bits per heavy atom. The molecule has 0 fully saturated rings. The van der Waals surface area contributed by atoms with Crippen molar-refractivity contribution in [1.29, 1.82) is 0 Å². The lowest BCUT2D eigenvalue weighted by atomic mass is 9.93. The molecule has 0 aromatic heterocycles. The molecule has 0 saturated carbocycles. The molecule has 0 atom stereocenters. The number of allylic oxidation sites excluding steroid dienone is 5. The molecule has 2 N–H and O–H groups in total. The quantitative estimate of drug-likeness (QED) is 0.493. The first-order valence-electron chi connectivity index (χ1n) is 10.1. The first-order chi connectivity index (χ1) is 15.2. The molecule has 1 aliphatic carbocycles. The largest absolute Gasteiger partial charge is 0.465 e. The molecule has 166 valence electrons. The molecule has 7 heteroatoms. The monoisotopic (exact) mass is 440 g/mol. The summed E-state index contributed by atoms with van der Waals surface area (Å²) in [4.78, 5) is 16.5. The summed E-state index contributed by atoms with van der Waals surface area (Å²) in [5.41, 5.74) is 15.4. The fourth-order valence-electron chi connectivity index (χ4n) is 3.59. The van der Waals surface area contributed by atoms with E-state index in [1.165, 1.54) is 12.1 Å². The SMILES string of the molecule is COC(=O)c1cc(C/C2=C(N)/C=C3CCC=C=C\N=C/3CC=C=C2C)ccc1C(F)(F)F. The summed E-state index contributed by atoms with van der Waals surface area (Å²) < 4.78 is 44.6. The third-order valence-corrected chi connectivity index (χ3v) is 5.26. The van der Waals surface area contributed by atoms with Crippen LogP contribution in [0.5, 0.6) is 0 Å². The van der Waals surface area contributed by atoms with Gasteiger partial charge in [0.15, 0.2) is 0 Å². The van der Waals surface area contributed by atoms with Gasteiger partial charge in [0, 0.05) is 24.3 Å². The van der Waals surface area contributed by atoms with Crippen molar-refractivity contribution in [3.63, 3.8) is 0 Å². The van der Waals surface area contributed by atoms with E-state index in [-0.39, 0.29) is 6.42 Å². The predicted octanol–water partition coefficient (Wildman–Crippen LogP) is 5.58. The molecular weight excluding hydrogens is 417 g/mol. The molecule has 1 heterocycles. The number of aliphatic imine (C=N–C) groups is 1. The van der Waals surface area contributed by atoms with Gasteiger partial charge in [-0.25, -0.2) is 4.79 Å². The van der Waals surface area contributed by atoms with Crippen LogP contribution in [-0.4, -0.2) is 18.8 Å². The number of esters is 1. The lowest BCUT2D eigenvalue weighted by molar-refractivity contribution is -0.138. The molecular formula is C25H23F3N2O2. The van der Waals surface area contributed by atoms with E-state index in [9.17, 15) is 18.0 Å². The van der Waals surface area contributed by atoms with Crippen molar-refractivity contribution in [3.8, 4) is 0 Å². The molecule has 1 aromatic rings. The van der Waals surface area contributed by atoms with Gasteiger partial charge in [-0.2, -0.15) is 13.2 Å². The second-order valence-corrected chi connectivity index (χ2v) is 7.44. The number of hydrogen-bond donors (Lipinski definition) is 1. The molecule has 4 nitrogen and oxygen atoms in total. The van der Waals surface area contributed by atoms with Gasteiger partial charge in [-0.05, 0) is 72.4 Å². The van der Waals surface area contributed by atoms with Crippen LogP contribution >= 0.6 is 0 Å². The number of methoxy groups -OCH3 is 1. The summed E-state index contributed by atoms with van der Waals surface area (Å²) in [5.74, 6) is -1.04. The summed E-state index contributed by atoms with van der Waals surface area (Å²) in [5, 5.41) is 0. The standard InChI is InChI=1S/C25H23F3N2O2/c1-16-7-6-9-23-18(8-4-3-5-12-30-23)15-22(29)19(16)13-17-10-11-21(25(26,27)28)20(14-17)24(31)32-2/h3,6,10-12,14-15H,4,8-9,13,29H2,1-2H3/b18-15-,22-19+,30-23-. The zero-order valence-corrected chi connectivity index (χ0v) is 17.8.